The predicted octanol–water partition coefficient (Wildman–Crippen LogP) is 1.83. The van der Waals surface area contributed by atoms with Crippen LogP contribution in [0.4, 0.5) is 0 Å². The van der Waals surface area contributed by atoms with Crippen LogP contribution in [0, 0.1) is 25.7 Å². The molecular formula is C12H22N4. The van der Waals surface area contributed by atoms with E-state index in [0.717, 1.165) is 24.1 Å². The molecule has 0 aromatic carbocycles. The number of aromatic nitrogens is 3. The number of hydrogen-bond acceptors (Lipinski definition) is 3. The Morgan fingerprint density at radius 1 is 1.38 bits per heavy atom. The molecule has 90 valence electrons. The largest absolute Gasteiger partial charge is 0.330 e. The second kappa shape index (κ2) is 4.53. The van der Waals surface area contributed by atoms with E-state index in [9.17, 15) is 0 Å². The van der Waals surface area contributed by atoms with Crippen LogP contribution in [0.2, 0.25) is 0 Å². The summed E-state index contributed by atoms with van der Waals surface area (Å²) in [5.74, 6) is 3.23. The van der Waals surface area contributed by atoms with Crippen molar-refractivity contribution in [2.24, 2.45) is 17.6 Å². The molecule has 4 nitrogen and oxygen atoms in total. The highest BCUT2D eigenvalue weighted by Gasteiger charge is 2.30. The van der Waals surface area contributed by atoms with Gasteiger partial charge in [0.15, 0.2) is 0 Å². The van der Waals surface area contributed by atoms with Gasteiger partial charge in [-0.25, -0.2) is 9.67 Å². The summed E-state index contributed by atoms with van der Waals surface area (Å²) in [5, 5.41) is 4.52. The van der Waals surface area contributed by atoms with E-state index in [1.807, 2.05) is 13.8 Å². The summed E-state index contributed by atoms with van der Waals surface area (Å²) in [6.45, 7) is 7.06. The van der Waals surface area contributed by atoms with Gasteiger partial charge in [0.2, 0.25) is 0 Å². The Morgan fingerprint density at radius 3 is 2.69 bits per heavy atom. The molecule has 3 atom stereocenters. The van der Waals surface area contributed by atoms with E-state index in [2.05, 4.69) is 21.7 Å². The van der Waals surface area contributed by atoms with Gasteiger partial charge in [0, 0.05) is 0 Å². The molecule has 3 unspecified atom stereocenters. The fourth-order valence-corrected chi connectivity index (χ4v) is 2.84. The Balaban J connectivity index is 2.25. The van der Waals surface area contributed by atoms with E-state index in [1.165, 1.54) is 19.3 Å². The summed E-state index contributed by atoms with van der Waals surface area (Å²) >= 11 is 0. The lowest BCUT2D eigenvalue weighted by Gasteiger charge is -2.34. The van der Waals surface area contributed by atoms with Crippen LogP contribution in [-0.4, -0.2) is 21.3 Å². The standard InChI is InChI=1S/C12H22N4/c1-8-4-5-11(7-13)12(6-8)16-10(3)14-9(2)15-16/h8,11-12H,4-7,13H2,1-3H3. The molecule has 0 spiro atoms. The summed E-state index contributed by atoms with van der Waals surface area (Å²) < 4.78 is 2.10. The number of nitrogens with zero attached hydrogens (tertiary/aromatic N) is 3. The first-order chi connectivity index (χ1) is 7.61. The predicted molar refractivity (Wildman–Crippen MR) is 64.1 cm³/mol. The number of nitrogens with two attached hydrogens (primary N) is 1. The van der Waals surface area contributed by atoms with Crippen molar-refractivity contribution in [1.82, 2.24) is 14.8 Å². The molecular weight excluding hydrogens is 200 g/mol. The Labute approximate surface area is 97.2 Å². The fraction of sp³-hybridized carbons (Fsp3) is 0.833. The maximum absolute atomic E-state index is 5.87. The van der Waals surface area contributed by atoms with Crippen LogP contribution >= 0.6 is 0 Å². The maximum Gasteiger partial charge on any atom is 0.147 e. The van der Waals surface area contributed by atoms with Crippen molar-refractivity contribution in [2.45, 2.75) is 46.1 Å². The molecule has 1 aliphatic carbocycles. The molecule has 2 rings (SSSR count). The second-order valence-corrected chi connectivity index (χ2v) is 5.13. The molecule has 4 heteroatoms. The van der Waals surface area contributed by atoms with Crippen molar-refractivity contribution in [3.05, 3.63) is 11.6 Å². The van der Waals surface area contributed by atoms with Gasteiger partial charge in [-0.05, 0) is 45.1 Å². The Morgan fingerprint density at radius 2 is 2.12 bits per heavy atom. The van der Waals surface area contributed by atoms with Crippen molar-refractivity contribution in [3.8, 4) is 0 Å². The van der Waals surface area contributed by atoms with Crippen LogP contribution in [0.3, 0.4) is 0 Å². The van der Waals surface area contributed by atoms with Crippen LogP contribution in [0.25, 0.3) is 0 Å². The van der Waals surface area contributed by atoms with Gasteiger partial charge in [0.1, 0.15) is 11.6 Å². The van der Waals surface area contributed by atoms with Gasteiger partial charge in [-0.3, -0.25) is 0 Å². The summed E-state index contributed by atoms with van der Waals surface area (Å²) in [7, 11) is 0. The highest BCUT2D eigenvalue weighted by atomic mass is 15.4. The summed E-state index contributed by atoms with van der Waals surface area (Å²) in [6, 6.07) is 0.454. The van der Waals surface area contributed by atoms with Crippen LogP contribution in [-0.2, 0) is 0 Å². The third-order valence-corrected chi connectivity index (χ3v) is 3.74. The summed E-state index contributed by atoms with van der Waals surface area (Å²) in [6.07, 6.45) is 3.71. The number of rotatable bonds is 2. The fourth-order valence-electron chi connectivity index (χ4n) is 2.84. The Bertz CT molecular complexity index is 358. The molecule has 1 aliphatic rings. The van der Waals surface area contributed by atoms with Crippen LogP contribution in [0.5, 0.6) is 0 Å². The molecule has 1 saturated carbocycles. The highest BCUT2D eigenvalue weighted by Crippen LogP contribution is 2.36. The molecule has 0 radical (unpaired) electrons. The molecule has 1 fully saturated rings. The van der Waals surface area contributed by atoms with Gasteiger partial charge in [0.05, 0.1) is 6.04 Å². The topological polar surface area (TPSA) is 56.7 Å². The quantitative estimate of drug-likeness (QED) is 0.830. The molecule has 1 heterocycles. The third-order valence-electron chi connectivity index (χ3n) is 3.74. The minimum atomic E-state index is 0.454. The zero-order valence-corrected chi connectivity index (χ0v) is 10.5. The molecule has 2 N–H and O–H groups in total. The monoisotopic (exact) mass is 222 g/mol. The zero-order valence-electron chi connectivity index (χ0n) is 10.5. The van der Waals surface area contributed by atoms with Gasteiger partial charge in [-0.1, -0.05) is 13.3 Å². The third kappa shape index (κ3) is 2.12. The minimum absolute atomic E-state index is 0.454. The molecule has 1 aromatic rings. The van der Waals surface area contributed by atoms with Crippen molar-refractivity contribution < 1.29 is 0 Å². The molecule has 0 amide bonds. The van der Waals surface area contributed by atoms with E-state index >= 15 is 0 Å². The van der Waals surface area contributed by atoms with Crippen molar-refractivity contribution >= 4 is 0 Å². The average molecular weight is 222 g/mol. The zero-order chi connectivity index (χ0) is 11.7. The SMILES string of the molecule is Cc1nc(C)n(C2CC(C)CCC2CN)n1. The van der Waals surface area contributed by atoms with Gasteiger partial charge < -0.3 is 5.73 Å². The van der Waals surface area contributed by atoms with Crippen molar-refractivity contribution in [1.29, 1.82) is 0 Å². The van der Waals surface area contributed by atoms with Crippen LogP contribution < -0.4 is 5.73 Å². The minimum Gasteiger partial charge on any atom is -0.330 e. The van der Waals surface area contributed by atoms with Crippen LogP contribution in [0.15, 0.2) is 0 Å². The first-order valence-corrected chi connectivity index (χ1v) is 6.21. The number of hydrogen-bond donors (Lipinski definition) is 1. The maximum atomic E-state index is 5.87. The van der Waals surface area contributed by atoms with E-state index in [4.69, 9.17) is 5.73 Å². The first-order valence-electron chi connectivity index (χ1n) is 6.21. The summed E-state index contributed by atoms with van der Waals surface area (Å²) in [5.41, 5.74) is 5.87. The molecule has 0 saturated heterocycles. The smallest absolute Gasteiger partial charge is 0.147 e. The second-order valence-electron chi connectivity index (χ2n) is 5.13. The van der Waals surface area contributed by atoms with Crippen molar-refractivity contribution in [3.63, 3.8) is 0 Å². The van der Waals surface area contributed by atoms with E-state index < -0.39 is 0 Å². The van der Waals surface area contributed by atoms with Gasteiger partial charge in [-0.15, -0.1) is 0 Å². The Hall–Kier alpha value is -0.900. The normalized spacial score (nSPS) is 30.6. The molecule has 1 aromatic heterocycles. The van der Waals surface area contributed by atoms with Gasteiger partial charge >= 0.3 is 0 Å². The highest BCUT2D eigenvalue weighted by molar-refractivity contribution is 4.94. The Kier molecular flexibility index (Phi) is 3.28. The van der Waals surface area contributed by atoms with Gasteiger partial charge in [-0.2, -0.15) is 5.10 Å². The number of aryl methyl sites for hydroxylation is 2. The molecule has 0 aliphatic heterocycles. The lowest BCUT2D eigenvalue weighted by molar-refractivity contribution is 0.182. The average Bonchev–Trinajstić information content (AvgIpc) is 2.57. The van der Waals surface area contributed by atoms with Crippen LogP contribution in [0.1, 0.15) is 43.9 Å². The molecule has 16 heavy (non-hydrogen) atoms. The molecule has 0 bridgehead atoms. The van der Waals surface area contributed by atoms with Crippen molar-refractivity contribution in [2.75, 3.05) is 6.54 Å². The van der Waals surface area contributed by atoms with E-state index in [-0.39, 0.29) is 0 Å². The van der Waals surface area contributed by atoms with E-state index in [0.29, 0.717) is 12.0 Å². The first kappa shape index (κ1) is 11.6. The lowest BCUT2D eigenvalue weighted by atomic mass is 9.79. The van der Waals surface area contributed by atoms with Gasteiger partial charge in [0.25, 0.3) is 0 Å². The van der Waals surface area contributed by atoms with E-state index in [1.54, 1.807) is 0 Å². The lowest BCUT2D eigenvalue weighted by Crippen LogP contribution is -2.32. The summed E-state index contributed by atoms with van der Waals surface area (Å²) in [4.78, 5) is 4.39.